The molecule has 0 heterocycles. The molecule has 0 N–H and O–H groups in total. The smallest absolute Gasteiger partial charge is 0.185 e. The molecule has 0 fully saturated rings. The number of carboxylic acid groups (broad SMARTS) is 1. The van der Waals surface area contributed by atoms with E-state index in [1.165, 1.54) is 0 Å². The zero-order chi connectivity index (χ0) is 9.84. The van der Waals surface area contributed by atoms with Crippen molar-refractivity contribution in [1.82, 2.24) is 0 Å². The highest BCUT2D eigenvalue weighted by atomic mass is 16.4. The first-order chi connectivity index (χ1) is 6.13. The van der Waals surface area contributed by atoms with E-state index < -0.39 is 17.7 Å². The number of carbonyl (C=O) groups excluding carboxylic acids is 2. The van der Waals surface area contributed by atoms with Crippen molar-refractivity contribution in [3.05, 3.63) is 35.9 Å². The van der Waals surface area contributed by atoms with Gasteiger partial charge in [0.15, 0.2) is 5.78 Å². The highest BCUT2D eigenvalue weighted by Crippen LogP contribution is 2.14. The molecule has 3 heteroatoms. The van der Waals surface area contributed by atoms with E-state index in [0.717, 1.165) is 0 Å². The molecule has 1 aromatic carbocycles. The number of benzene rings is 1. The predicted molar refractivity (Wildman–Crippen MR) is 44.9 cm³/mol. The second-order valence-corrected chi connectivity index (χ2v) is 2.78. The van der Waals surface area contributed by atoms with E-state index in [9.17, 15) is 14.7 Å². The van der Waals surface area contributed by atoms with Crippen LogP contribution in [0.5, 0.6) is 0 Å². The van der Waals surface area contributed by atoms with E-state index >= 15 is 0 Å². The standard InChI is InChI=1S/C10H10O3/c1-7(9(11)10(12)13)8-5-3-2-4-6-8/h2-7H,1H3,(H,12,13)/p-1/t7-/m0/s1. The second kappa shape index (κ2) is 3.85. The van der Waals surface area contributed by atoms with Crippen molar-refractivity contribution >= 4 is 11.8 Å². The van der Waals surface area contributed by atoms with Gasteiger partial charge >= 0.3 is 0 Å². The number of carboxylic acids is 1. The fourth-order valence-corrected chi connectivity index (χ4v) is 1.07. The summed E-state index contributed by atoms with van der Waals surface area (Å²) in [5.74, 6) is -3.14. The molecule has 0 bridgehead atoms. The molecule has 0 saturated heterocycles. The number of aliphatic carboxylic acids is 1. The summed E-state index contributed by atoms with van der Waals surface area (Å²) in [6, 6.07) is 8.75. The fraction of sp³-hybridized carbons (Fsp3) is 0.200. The van der Waals surface area contributed by atoms with Crippen molar-refractivity contribution in [2.24, 2.45) is 0 Å². The molecule has 3 nitrogen and oxygen atoms in total. The summed E-state index contributed by atoms with van der Waals surface area (Å²) in [6.07, 6.45) is 0. The third kappa shape index (κ3) is 2.15. The van der Waals surface area contributed by atoms with Crippen LogP contribution in [0.4, 0.5) is 0 Å². The van der Waals surface area contributed by atoms with Gasteiger partial charge in [-0.2, -0.15) is 0 Å². The van der Waals surface area contributed by atoms with Gasteiger partial charge in [-0.15, -0.1) is 0 Å². The Bertz CT molecular complexity index is 316. The van der Waals surface area contributed by atoms with Crippen LogP contribution < -0.4 is 5.11 Å². The van der Waals surface area contributed by atoms with Gasteiger partial charge in [0.2, 0.25) is 0 Å². The lowest BCUT2D eigenvalue weighted by Crippen LogP contribution is -2.34. The Kier molecular flexibility index (Phi) is 2.80. The molecule has 0 spiro atoms. The van der Waals surface area contributed by atoms with Crippen LogP contribution in [0.25, 0.3) is 0 Å². The normalized spacial score (nSPS) is 12.1. The molecule has 13 heavy (non-hydrogen) atoms. The van der Waals surface area contributed by atoms with E-state index in [-0.39, 0.29) is 0 Å². The number of ketones is 1. The Morgan fingerprint density at radius 1 is 1.23 bits per heavy atom. The van der Waals surface area contributed by atoms with Crippen molar-refractivity contribution < 1.29 is 14.7 Å². The molecular weight excluding hydrogens is 168 g/mol. The van der Waals surface area contributed by atoms with E-state index in [1.54, 1.807) is 37.3 Å². The minimum absolute atomic E-state index is 0.633. The minimum atomic E-state index is -1.63. The first kappa shape index (κ1) is 9.45. The van der Waals surface area contributed by atoms with Gasteiger partial charge in [0, 0.05) is 5.92 Å². The maximum absolute atomic E-state index is 11.0. The summed E-state index contributed by atoms with van der Waals surface area (Å²) in [6.45, 7) is 1.55. The van der Waals surface area contributed by atoms with Gasteiger partial charge in [-0.1, -0.05) is 37.3 Å². The summed E-state index contributed by atoms with van der Waals surface area (Å²) in [5.41, 5.74) is 0.691. The fourth-order valence-electron chi connectivity index (χ4n) is 1.07. The Labute approximate surface area is 76.0 Å². The molecule has 1 aromatic rings. The summed E-state index contributed by atoms with van der Waals surface area (Å²) >= 11 is 0. The summed E-state index contributed by atoms with van der Waals surface area (Å²) in [5, 5.41) is 10.3. The number of rotatable bonds is 3. The first-order valence-corrected chi connectivity index (χ1v) is 3.93. The van der Waals surface area contributed by atoms with Gasteiger partial charge in [-0.3, -0.25) is 4.79 Å². The van der Waals surface area contributed by atoms with Crippen LogP contribution in [0, 0.1) is 0 Å². The van der Waals surface area contributed by atoms with Crippen molar-refractivity contribution in [2.45, 2.75) is 12.8 Å². The molecule has 0 saturated carbocycles. The molecule has 0 aliphatic carbocycles. The highest BCUT2D eigenvalue weighted by molar-refractivity contribution is 6.33. The Morgan fingerprint density at radius 3 is 2.23 bits per heavy atom. The van der Waals surface area contributed by atoms with Gasteiger partial charge in [-0.05, 0) is 5.56 Å². The van der Waals surface area contributed by atoms with Gasteiger partial charge in [0.25, 0.3) is 0 Å². The van der Waals surface area contributed by atoms with Crippen molar-refractivity contribution in [2.75, 3.05) is 0 Å². The number of hydrogen-bond acceptors (Lipinski definition) is 3. The van der Waals surface area contributed by atoms with Crippen LogP contribution in [0.15, 0.2) is 30.3 Å². The Balaban J connectivity index is 2.86. The minimum Gasteiger partial charge on any atom is -0.542 e. The quantitative estimate of drug-likeness (QED) is 0.615. The topological polar surface area (TPSA) is 57.2 Å². The van der Waals surface area contributed by atoms with Gasteiger partial charge in [0.1, 0.15) is 5.97 Å². The molecule has 0 unspecified atom stereocenters. The zero-order valence-corrected chi connectivity index (χ0v) is 7.19. The van der Waals surface area contributed by atoms with Gasteiger partial charge < -0.3 is 9.90 Å². The predicted octanol–water partition coefficient (Wildman–Crippen LogP) is 0.109. The van der Waals surface area contributed by atoms with E-state index in [0.29, 0.717) is 5.56 Å². The first-order valence-electron chi connectivity index (χ1n) is 3.93. The Hall–Kier alpha value is -1.64. The zero-order valence-electron chi connectivity index (χ0n) is 7.19. The lowest BCUT2D eigenvalue weighted by Gasteiger charge is -2.10. The van der Waals surface area contributed by atoms with E-state index in [4.69, 9.17) is 0 Å². The van der Waals surface area contributed by atoms with E-state index in [2.05, 4.69) is 0 Å². The van der Waals surface area contributed by atoms with Crippen LogP contribution in [0.2, 0.25) is 0 Å². The molecule has 0 aliphatic rings. The maximum atomic E-state index is 11.0. The molecule has 0 amide bonds. The molecule has 0 aliphatic heterocycles. The molecule has 0 aromatic heterocycles. The molecular formula is C10H9O3-. The monoisotopic (exact) mass is 177 g/mol. The molecule has 0 radical (unpaired) electrons. The third-order valence-electron chi connectivity index (χ3n) is 1.89. The van der Waals surface area contributed by atoms with Crippen LogP contribution >= 0.6 is 0 Å². The maximum Gasteiger partial charge on any atom is 0.185 e. The molecule has 1 rings (SSSR count). The van der Waals surface area contributed by atoms with Crippen molar-refractivity contribution in [3.63, 3.8) is 0 Å². The average Bonchev–Trinajstić information content (AvgIpc) is 2.17. The largest absolute Gasteiger partial charge is 0.542 e. The third-order valence-corrected chi connectivity index (χ3v) is 1.89. The van der Waals surface area contributed by atoms with Gasteiger partial charge in [0.05, 0.1) is 0 Å². The second-order valence-electron chi connectivity index (χ2n) is 2.78. The summed E-state index contributed by atoms with van der Waals surface area (Å²) < 4.78 is 0. The lowest BCUT2D eigenvalue weighted by molar-refractivity contribution is -0.300. The SMILES string of the molecule is C[C@H](C(=O)C(=O)[O-])c1ccccc1. The molecule has 1 atom stereocenters. The molecule has 68 valence electrons. The van der Waals surface area contributed by atoms with E-state index in [1.807, 2.05) is 0 Å². The highest BCUT2D eigenvalue weighted by Gasteiger charge is 2.14. The summed E-state index contributed by atoms with van der Waals surface area (Å²) in [7, 11) is 0. The van der Waals surface area contributed by atoms with Gasteiger partial charge in [-0.25, -0.2) is 0 Å². The number of Topliss-reactive ketones (excluding diaryl/α,β-unsaturated/α-hetero) is 1. The lowest BCUT2D eigenvalue weighted by atomic mass is 9.97. The van der Waals surface area contributed by atoms with Crippen LogP contribution in [-0.2, 0) is 9.59 Å². The number of carbonyl (C=O) groups is 2. The Morgan fingerprint density at radius 2 is 1.77 bits per heavy atom. The van der Waals surface area contributed by atoms with Crippen molar-refractivity contribution in [3.8, 4) is 0 Å². The van der Waals surface area contributed by atoms with Crippen LogP contribution in [0.3, 0.4) is 0 Å². The summed E-state index contributed by atoms with van der Waals surface area (Å²) in [4.78, 5) is 21.2. The van der Waals surface area contributed by atoms with Crippen LogP contribution in [-0.4, -0.2) is 11.8 Å². The van der Waals surface area contributed by atoms with Crippen LogP contribution in [0.1, 0.15) is 18.4 Å². The average molecular weight is 177 g/mol. The number of hydrogen-bond donors (Lipinski definition) is 0. The van der Waals surface area contributed by atoms with Crippen molar-refractivity contribution in [1.29, 1.82) is 0 Å².